The van der Waals surface area contributed by atoms with Gasteiger partial charge in [-0.15, -0.1) is 10.2 Å². The van der Waals surface area contributed by atoms with Gasteiger partial charge in [-0.1, -0.05) is 25.4 Å². The number of carbonyl (C=O) groups excluding carboxylic acids is 1. The number of hydrogen-bond donors (Lipinski definition) is 2. The largest absolute Gasteiger partial charge is 0.493 e. The van der Waals surface area contributed by atoms with E-state index in [0.29, 0.717) is 45.5 Å². The lowest BCUT2D eigenvalue weighted by Crippen LogP contribution is -2.03. The van der Waals surface area contributed by atoms with Gasteiger partial charge >= 0.3 is 0 Å². The molecule has 0 bridgehead atoms. The lowest BCUT2D eigenvalue weighted by Gasteiger charge is -2.12. The normalized spacial score (nSPS) is 11.5. The zero-order valence-electron chi connectivity index (χ0n) is 16.4. The van der Waals surface area contributed by atoms with E-state index in [9.17, 15) is 9.90 Å². The fraction of sp³-hybridized carbons (Fsp3) is 0.286. The van der Waals surface area contributed by atoms with Gasteiger partial charge < -0.3 is 19.6 Å². The van der Waals surface area contributed by atoms with Crippen LogP contribution in [0.3, 0.4) is 0 Å². The molecule has 1 amide bonds. The summed E-state index contributed by atoms with van der Waals surface area (Å²) in [5, 5.41) is 18.8. The number of nitrogens with one attached hydrogen (secondary N) is 1. The minimum Gasteiger partial charge on any atom is -0.493 e. The quantitative estimate of drug-likeness (QED) is 0.470. The molecule has 0 fully saturated rings. The van der Waals surface area contributed by atoms with Crippen LogP contribution in [0.4, 0.5) is 5.69 Å². The molecule has 8 heteroatoms. The summed E-state index contributed by atoms with van der Waals surface area (Å²) in [5.41, 5.74) is 1.08. The third kappa shape index (κ3) is 4.86. The van der Waals surface area contributed by atoms with Crippen LogP contribution in [0, 0.1) is 5.92 Å². The maximum Gasteiger partial charge on any atom is 0.295 e. The first-order valence-corrected chi connectivity index (χ1v) is 9.54. The molecule has 29 heavy (non-hydrogen) atoms. The molecule has 1 aromatic heterocycles. The van der Waals surface area contributed by atoms with Gasteiger partial charge in [-0.25, -0.2) is 0 Å². The van der Waals surface area contributed by atoms with Crippen molar-refractivity contribution in [2.24, 2.45) is 16.1 Å². The number of aromatic amines is 1. The van der Waals surface area contributed by atoms with Crippen molar-refractivity contribution in [3.63, 3.8) is 0 Å². The highest BCUT2D eigenvalue weighted by Gasteiger charge is 2.14. The lowest BCUT2D eigenvalue weighted by atomic mass is 10.1. The summed E-state index contributed by atoms with van der Waals surface area (Å²) in [6, 6.07) is 9.85. The van der Waals surface area contributed by atoms with E-state index in [1.54, 1.807) is 36.4 Å². The average Bonchev–Trinajstić information content (AvgIpc) is 3.00. The van der Waals surface area contributed by atoms with E-state index in [-0.39, 0.29) is 11.6 Å². The van der Waals surface area contributed by atoms with Crippen molar-refractivity contribution < 1.29 is 19.4 Å². The molecular weight excluding hydrogens is 394 g/mol. The molecule has 3 aromatic rings. The number of aromatic hydroxyl groups is 1. The van der Waals surface area contributed by atoms with Crippen molar-refractivity contribution >= 4 is 34.1 Å². The predicted octanol–water partition coefficient (Wildman–Crippen LogP) is 5.88. The molecule has 152 valence electrons. The fourth-order valence-electron chi connectivity index (χ4n) is 2.71. The topological polar surface area (TPSA) is 96.3 Å². The van der Waals surface area contributed by atoms with Gasteiger partial charge in [-0.3, -0.25) is 4.79 Å². The number of amides is 1. The Morgan fingerprint density at radius 3 is 2.72 bits per heavy atom. The summed E-state index contributed by atoms with van der Waals surface area (Å²) in [4.78, 5) is 15.2. The van der Waals surface area contributed by atoms with Gasteiger partial charge in [0.05, 0.1) is 19.2 Å². The first kappa shape index (κ1) is 20.7. The summed E-state index contributed by atoms with van der Waals surface area (Å²) in [6.07, 6.45) is 0.913. The SMILES string of the molecule is COc1cc(C(=O)N=Nc2c(O)[nH]c3ccc(Cl)cc23)ccc1OCCC(C)C. The van der Waals surface area contributed by atoms with Crippen molar-refractivity contribution in [3.05, 3.63) is 47.0 Å². The molecule has 3 rings (SSSR count). The highest BCUT2D eigenvalue weighted by atomic mass is 35.5. The molecule has 0 saturated carbocycles. The smallest absolute Gasteiger partial charge is 0.295 e. The molecule has 0 unspecified atom stereocenters. The highest BCUT2D eigenvalue weighted by Crippen LogP contribution is 2.37. The number of hydrogen-bond acceptors (Lipinski definition) is 5. The van der Waals surface area contributed by atoms with Gasteiger partial charge in [0.25, 0.3) is 5.91 Å². The number of ether oxygens (including phenoxy) is 2. The Labute approximate surface area is 173 Å². The Bertz CT molecular complexity index is 1060. The van der Waals surface area contributed by atoms with Gasteiger partial charge in [-0.2, -0.15) is 0 Å². The second-order valence-corrected chi connectivity index (χ2v) is 7.35. The number of azo groups is 1. The number of nitrogens with zero attached hydrogens (tertiary/aromatic N) is 2. The van der Waals surface area contributed by atoms with Crippen molar-refractivity contribution in [2.75, 3.05) is 13.7 Å². The Kier molecular flexibility index (Phi) is 6.39. The van der Waals surface area contributed by atoms with Crippen LogP contribution in [0.1, 0.15) is 30.6 Å². The van der Waals surface area contributed by atoms with Crippen molar-refractivity contribution in [3.8, 4) is 17.4 Å². The molecule has 0 radical (unpaired) electrons. The van der Waals surface area contributed by atoms with Gasteiger partial charge in [0.15, 0.2) is 17.2 Å². The standard InChI is InChI=1S/C21H22ClN3O4/c1-12(2)8-9-29-17-7-4-13(10-18(17)28-3)20(26)25-24-19-15-11-14(22)5-6-16(15)23-21(19)27/h4-7,10-12,23,27H,8-9H2,1-3H3. The summed E-state index contributed by atoms with van der Waals surface area (Å²) < 4.78 is 11.1. The Hall–Kier alpha value is -3.06. The average molecular weight is 416 g/mol. The van der Waals surface area contributed by atoms with Crippen LogP contribution >= 0.6 is 11.6 Å². The molecule has 0 aliphatic carbocycles. The van der Waals surface area contributed by atoms with E-state index in [2.05, 4.69) is 29.1 Å². The number of methoxy groups -OCH3 is 1. The molecule has 2 aromatic carbocycles. The molecule has 2 N–H and O–H groups in total. The number of rotatable bonds is 7. The van der Waals surface area contributed by atoms with E-state index in [1.165, 1.54) is 7.11 Å². The summed E-state index contributed by atoms with van der Waals surface area (Å²) in [5.74, 6) is 0.762. The van der Waals surface area contributed by atoms with E-state index in [4.69, 9.17) is 21.1 Å². The van der Waals surface area contributed by atoms with Crippen molar-refractivity contribution in [2.45, 2.75) is 20.3 Å². The Morgan fingerprint density at radius 1 is 1.21 bits per heavy atom. The van der Waals surface area contributed by atoms with Gasteiger partial charge in [0.1, 0.15) is 0 Å². The molecular formula is C21H22ClN3O4. The number of benzene rings is 2. The number of halogens is 1. The van der Waals surface area contributed by atoms with Crippen molar-refractivity contribution in [1.29, 1.82) is 0 Å². The zero-order chi connectivity index (χ0) is 21.0. The third-order valence-electron chi connectivity index (χ3n) is 4.32. The van der Waals surface area contributed by atoms with Crippen LogP contribution in [0.15, 0.2) is 46.6 Å². The van der Waals surface area contributed by atoms with Crippen LogP contribution < -0.4 is 9.47 Å². The second-order valence-electron chi connectivity index (χ2n) is 6.91. The summed E-state index contributed by atoms with van der Waals surface area (Å²) in [6.45, 7) is 4.79. The zero-order valence-corrected chi connectivity index (χ0v) is 17.2. The second kappa shape index (κ2) is 8.96. The van der Waals surface area contributed by atoms with E-state index < -0.39 is 5.91 Å². The predicted molar refractivity (Wildman–Crippen MR) is 112 cm³/mol. The molecule has 1 heterocycles. The molecule has 0 saturated heterocycles. The first-order valence-electron chi connectivity index (χ1n) is 9.16. The van der Waals surface area contributed by atoms with Gasteiger partial charge in [0.2, 0.25) is 5.88 Å². The summed E-state index contributed by atoms with van der Waals surface area (Å²) in [7, 11) is 1.51. The van der Waals surface area contributed by atoms with Crippen LogP contribution in [0.5, 0.6) is 17.4 Å². The maximum atomic E-state index is 12.5. The van der Waals surface area contributed by atoms with E-state index >= 15 is 0 Å². The van der Waals surface area contributed by atoms with Gasteiger partial charge in [-0.05, 0) is 48.7 Å². The molecule has 0 spiro atoms. The third-order valence-corrected chi connectivity index (χ3v) is 4.55. The number of H-pyrrole nitrogens is 1. The van der Waals surface area contributed by atoms with Crippen LogP contribution in [0.2, 0.25) is 5.02 Å². The molecule has 0 aliphatic heterocycles. The van der Waals surface area contributed by atoms with E-state index in [0.717, 1.165) is 6.42 Å². The van der Waals surface area contributed by atoms with Crippen molar-refractivity contribution in [1.82, 2.24) is 4.98 Å². The number of carbonyl (C=O) groups is 1. The minimum absolute atomic E-state index is 0.149. The van der Waals surface area contributed by atoms with Crippen LogP contribution in [0.25, 0.3) is 10.9 Å². The number of aromatic nitrogens is 1. The first-order chi connectivity index (χ1) is 13.9. The minimum atomic E-state index is -0.576. The monoisotopic (exact) mass is 415 g/mol. The Morgan fingerprint density at radius 2 is 2.00 bits per heavy atom. The number of fused-ring (bicyclic) bond motifs is 1. The molecule has 0 aliphatic rings. The van der Waals surface area contributed by atoms with E-state index in [1.807, 2.05) is 0 Å². The Balaban J connectivity index is 1.80. The lowest BCUT2D eigenvalue weighted by molar-refractivity contribution is 0.0994. The summed E-state index contributed by atoms with van der Waals surface area (Å²) >= 11 is 6.00. The maximum absolute atomic E-state index is 12.5. The highest BCUT2D eigenvalue weighted by molar-refractivity contribution is 6.31. The van der Waals surface area contributed by atoms with Crippen LogP contribution in [-0.2, 0) is 0 Å². The fourth-order valence-corrected chi connectivity index (χ4v) is 2.89. The van der Waals surface area contributed by atoms with Crippen LogP contribution in [-0.4, -0.2) is 29.7 Å². The molecule has 0 atom stereocenters. The molecule has 7 nitrogen and oxygen atoms in total. The van der Waals surface area contributed by atoms with Gasteiger partial charge in [0, 0.05) is 16.0 Å².